The molecule has 78 valence electrons. The number of aromatic nitrogens is 1. The standard InChI is InChI=1S/C10H6BrClFNO/c1-15-7-3-2-6(13)10-8(7)9(11)5(12)4-14-10/h2-4H,1H3. The van der Waals surface area contributed by atoms with E-state index in [1.165, 1.54) is 19.4 Å². The van der Waals surface area contributed by atoms with Gasteiger partial charge in [0.1, 0.15) is 17.1 Å². The second-order valence-electron chi connectivity index (χ2n) is 2.89. The van der Waals surface area contributed by atoms with E-state index in [-0.39, 0.29) is 5.52 Å². The van der Waals surface area contributed by atoms with Crippen LogP contribution < -0.4 is 4.74 Å². The molecule has 0 aliphatic carbocycles. The van der Waals surface area contributed by atoms with E-state index in [1.54, 1.807) is 6.07 Å². The zero-order valence-electron chi connectivity index (χ0n) is 7.72. The molecule has 0 spiro atoms. The Kier molecular flexibility index (Phi) is 2.80. The Bertz CT molecular complexity index is 532. The molecule has 0 aliphatic heterocycles. The van der Waals surface area contributed by atoms with Crippen LogP contribution in [0.2, 0.25) is 5.02 Å². The average molecular weight is 291 g/mol. The SMILES string of the molecule is COc1ccc(F)c2ncc(Cl)c(Br)c12. The van der Waals surface area contributed by atoms with Gasteiger partial charge < -0.3 is 4.74 Å². The summed E-state index contributed by atoms with van der Waals surface area (Å²) in [6.07, 6.45) is 1.40. The third kappa shape index (κ3) is 1.68. The van der Waals surface area contributed by atoms with Crippen LogP contribution in [-0.2, 0) is 0 Å². The van der Waals surface area contributed by atoms with Gasteiger partial charge >= 0.3 is 0 Å². The van der Waals surface area contributed by atoms with Crippen LogP contribution in [-0.4, -0.2) is 12.1 Å². The number of ether oxygens (including phenoxy) is 1. The number of fused-ring (bicyclic) bond motifs is 1. The molecule has 2 nitrogen and oxygen atoms in total. The van der Waals surface area contributed by atoms with E-state index >= 15 is 0 Å². The molecule has 1 heterocycles. The van der Waals surface area contributed by atoms with E-state index in [1.807, 2.05) is 0 Å². The largest absolute Gasteiger partial charge is 0.496 e. The first-order valence-electron chi connectivity index (χ1n) is 4.11. The van der Waals surface area contributed by atoms with Crippen molar-refractivity contribution in [3.63, 3.8) is 0 Å². The maximum absolute atomic E-state index is 13.4. The Morgan fingerprint density at radius 1 is 1.47 bits per heavy atom. The number of halogens is 3. The molecular weight excluding hydrogens is 284 g/mol. The summed E-state index contributed by atoms with van der Waals surface area (Å²) in [7, 11) is 1.51. The lowest BCUT2D eigenvalue weighted by atomic mass is 10.2. The molecule has 0 saturated heterocycles. The van der Waals surface area contributed by atoms with Crippen LogP contribution in [0.1, 0.15) is 0 Å². The number of rotatable bonds is 1. The van der Waals surface area contributed by atoms with Gasteiger partial charge in [-0.2, -0.15) is 0 Å². The molecule has 0 unspecified atom stereocenters. The third-order valence-electron chi connectivity index (χ3n) is 2.05. The van der Waals surface area contributed by atoms with E-state index in [2.05, 4.69) is 20.9 Å². The Balaban J connectivity index is 2.95. The predicted molar refractivity (Wildman–Crippen MR) is 61.0 cm³/mol. The van der Waals surface area contributed by atoms with E-state index in [0.717, 1.165) is 0 Å². The van der Waals surface area contributed by atoms with Gasteiger partial charge in [0.05, 0.1) is 22.0 Å². The summed E-state index contributed by atoms with van der Waals surface area (Å²) in [6.45, 7) is 0. The molecule has 2 rings (SSSR count). The van der Waals surface area contributed by atoms with Crippen molar-refractivity contribution in [3.05, 3.63) is 33.6 Å². The van der Waals surface area contributed by atoms with Crippen molar-refractivity contribution >= 4 is 38.4 Å². The van der Waals surface area contributed by atoms with Gasteiger partial charge in [0.15, 0.2) is 0 Å². The number of hydrogen-bond acceptors (Lipinski definition) is 2. The van der Waals surface area contributed by atoms with E-state index in [9.17, 15) is 4.39 Å². The molecule has 0 atom stereocenters. The smallest absolute Gasteiger partial charge is 0.149 e. The van der Waals surface area contributed by atoms with Gasteiger partial charge in [-0.15, -0.1) is 0 Å². The van der Waals surface area contributed by atoms with Crippen LogP contribution in [0.25, 0.3) is 10.9 Å². The molecule has 0 bridgehead atoms. The quantitative estimate of drug-likeness (QED) is 0.797. The van der Waals surface area contributed by atoms with Gasteiger partial charge in [0.2, 0.25) is 0 Å². The third-order valence-corrected chi connectivity index (χ3v) is 3.39. The molecule has 5 heteroatoms. The second-order valence-corrected chi connectivity index (χ2v) is 4.09. The van der Waals surface area contributed by atoms with Crippen LogP contribution in [0.5, 0.6) is 5.75 Å². The van der Waals surface area contributed by atoms with E-state index < -0.39 is 5.82 Å². The monoisotopic (exact) mass is 289 g/mol. The zero-order chi connectivity index (χ0) is 11.0. The second kappa shape index (κ2) is 3.94. The first kappa shape index (κ1) is 10.6. The van der Waals surface area contributed by atoms with Crippen molar-refractivity contribution in [2.45, 2.75) is 0 Å². The number of nitrogens with zero attached hydrogens (tertiary/aromatic N) is 1. The van der Waals surface area contributed by atoms with E-state index in [0.29, 0.717) is 20.6 Å². The zero-order valence-corrected chi connectivity index (χ0v) is 10.1. The molecule has 15 heavy (non-hydrogen) atoms. The molecule has 0 fully saturated rings. The molecule has 0 aliphatic rings. The summed E-state index contributed by atoms with van der Waals surface area (Å²) in [5.74, 6) is 0.136. The van der Waals surface area contributed by atoms with Gasteiger partial charge in [-0.3, -0.25) is 4.98 Å². The van der Waals surface area contributed by atoms with Crippen molar-refractivity contribution in [2.24, 2.45) is 0 Å². The first-order valence-corrected chi connectivity index (χ1v) is 5.28. The topological polar surface area (TPSA) is 22.1 Å². The Morgan fingerprint density at radius 2 is 2.20 bits per heavy atom. The van der Waals surface area contributed by atoms with Crippen molar-refractivity contribution in [1.29, 1.82) is 0 Å². The van der Waals surface area contributed by atoms with E-state index in [4.69, 9.17) is 16.3 Å². The van der Waals surface area contributed by atoms with Crippen molar-refractivity contribution in [3.8, 4) is 5.75 Å². The van der Waals surface area contributed by atoms with Crippen LogP contribution in [0.15, 0.2) is 22.8 Å². The molecular formula is C10H6BrClFNO. The molecule has 0 radical (unpaired) electrons. The maximum Gasteiger partial charge on any atom is 0.149 e. The minimum absolute atomic E-state index is 0.241. The lowest BCUT2D eigenvalue weighted by Gasteiger charge is -2.08. The highest BCUT2D eigenvalue weighted by Gasteiger charge is 2.13. The van der Waals surface area contributed by atoms with Gasteiger partial charge in [0, 0.05) is 6.20 Å². The highest BCUT2D eigenvalue weighted by Crippen LogP contribution is 2.36. The fourth-order valence-corrected chi connectivity index (χ4v) is 1.98. The summed E-state index contributed by atoms with van der Waals surface area (Å²) in [5.41, 5.74) is 0.241. The highest BCUT2D eigenvalue weighted by atomic mass is 79.9. The Morgan fingerprint density at radius 3 is 2.87 bits per heavy atom. The maximum atomic E-state index is 13.4. The fraction of sp³-hybridized carbons (Fsp3) is 0.100. The molecule has 1 aromatic heterocycles. The summed E-state index contributed by atoms with van der Waals surface area (Å²) in [4.78, 5) is 3.93. The number of pyridine rings is 1. The van der Waals surface area contributed by atoms with Crippen molar-refractivity contribution in [1.82, 2.24) is 4.98 Å². The summed E-state index contributed by atoms with van der Waals surface area (Å²) in [6, 6.07) is 2.86. The molecule has 1 aromatic carbocycles. The van der Waals surface area contributed by atoms with Crippen molar-refractivity contribution in [2.75, 3.05) is 7.11 Å². The van der Waals surface area contributed by atoms with Gasteiger partial charge in [0.25, 0.3) is 0 Å². The minimum atomic E-state index is -0.400. The lowest BCUT2D eigenvalue weighted by molar-refractivity contribution is 0.419. The first-order chi connectivity index (χ1) is 7.15. The highest BCUT2D eigenvalue weighted by molar-refractivity contribution is 9.10. The lowest BCUT2D eigenvalue weighted by Crippen LogP contribution is -1.91. The molecule has 2 aromatic rings. The number of benzene rings is 1. The van der Waals surface area contributed by atoms with Crippen molar-refractivity contribution < 1.29 is 9.13 Å². The summed E-state index contributed by atoms with van der Waals surface area (Å²) < 4.78 is 19.1. The average Bonchev–Trinajstić information content (AvgIpc) is 2.24. The minimum Gasteiger partial charge on any atom is -0.496 e. The molecule has 0 amide bonds. The molecule has 0 saturated carbocycles. The van der Waals surface area contributed by atoms with Gasteiger partial charge in [-0.05, 0) is 28.1 Å². The van der Waals surface area contributed by atoms with Gasteiger partial charge in [-0.25, -0.2) is 4.39 Å². The Labute approximate surface area is 99.1 Å². The Hall–Kier alpha value is -0.870. The van der Waals surface area contributed by atoms with Gasteiger partial charge in [-0.1, -0.05) is 11.6 Å². The fourth-order valence-electron chi connectivity index (χ4n) is 1.35. The summed E-state index contributed by atoms with van der Waals surface area (Å²) >= 11 is 9.17. The van der Waals surface area contributed by atoms with Crippen LogP contribution in [0, 0.1) is 5.82 Å². The number of hydrogen-bond donors (Lipinski definition) is 0. The number of methoxy groups -OCH3 is 1. The predicted octanol–water partition coefficient (Wildman–Crippen LogP) is 3.80. The van der Waals surface area contributed by atoms with Crippen LogP contribution in [0.3, 0.4) is 0 Å². The van der Waals surface area contributed by atoms with Crippen LogP contribution in [0.4, 0.5) is 4.39 Å². The summed E-state index contributed by atoms with van der Waals surface area (Å²) in [5, 5.41) is 0.969. The molecule has 0 N–H and O–H groups in total. The normalized spacial score (nSPS) is 10.7. The van der Waals surface area contributed by atoms with Crippen LogP contribution >= 0.6 is 27.5 Å².